The summed E-state index contributed by atoms with van der Waals surface area (Å²) in [5, 5.41) is 0. The standard InChI is InChI=1S/C18H20O4S/c1-21-18(22-2)9-8-15(19)17-14(18)10-13(11-16(17)20)23-12-6-4-3-5-7-12/h3-7,11,14,17H,8-10H2,1-2H3/t14-,17?/m0/s1. The number of ketones is 2. The summed E-state index contributed by atoms with van der Waals surface area (Å²) in [4.78, 5) is 26.8. The fraction of sp³-hybridized carbons (Fsp3) is 0.444. The molecule has 0 heterocycles. The maximum atomic E-state index is 12.5. The summed E-state index contributed by atoms with van der Waals surface area (Å²) in [5.41, 5.74) is 0. The van der Waals surface area contributed by atoms with E-state index in [-0.39, 0.29) is 17.5 Å². The molecule has 4 nitrogen and oxygen atoms in total. The van der Waals surface area contributed by atoms with E-state index in [4.69, 9.17) is 9.47 Å². The van der Waals surface area contributed by atoms with Gasteiger partial charge in [-0.25, -0.2) is 0 Å². The van der Waals surface area contributed by atoms with Gasteiger partial charge < -0.3 is 9.47 Å². The number of ether oxygens (including phenoxy) is 2. The summed E-state index contributed by atoms with van der Waals surface area (Å²) in [7, 11) is 3.17. The molecule has 1 fully saturated rings. The molecule has 0 saturated heterocycles. The van der Waals surface area contributed by atoms with Crippen LogP contribution >= 0.6 is 11.8 Å². The Labute approximate surface area is 140 Å². The summed E-state index contributed by atoms with van der Waals surface area (Å²) in [6.45, 7) is 0. The van der Waals surface area contributed by atoms with Gasteiger partial charge in [0.15, 0.2) is 11.6 Å². The molecule has 0 aliphatic heterocycles. The summed E-state index contributed by atoms with van der Waals surface area (Å²) >= 11 is 1.56. The minimum atomic E-state index is -0.856. The summed E-state index contributed by atoms with van der Waals surface area (Å²) in [6.07, 6.45) is 3.06. The molecule has 3 rings (SSSR count). The number of fused-ring (bicyclic) bond motifs is 1. The molecule has 2 aliphatic rings. The Hall–Kier alpha value is -1.43. The van der Waals surface area contributed by atoms with E-state index in [9.17, 15) is 9.59 Å². The van der Waals surface area contributed by atoms with Crippen LogP contribution in [0.3, 0.4) is 0 Å². The highest BCUT2D eigenvalue weighted by Gasteiger charge is 2.53. The third-order valence-electron chi connectivity index (χ3n) is 4.75. The highest BCUT2D eigenvalue weighted by Crippen LogP contribution is 2.48. The summed E-state index contributed by atoms with van der Waals surface area (Å²) < 4.78 is 11.3. The zero-order valence-electron chi connectivity index (χ0n) is 13.3. The normalized spacial score (nSPS) is 26.6. The number of hydrogen-bond acceptors (Lipinski definition) is 5. The van der Waals surface area contributed by atoms with Gasteiger partial charge in [0.25, 0.3) is 0 Å². The predicted molar refractivity (Wildman–Crippen MR) is 88.0 cm³/mol. The van der Waals surface area contributed by atoms with Gasteiger partial charge in [-0.15, -0.1) is 0 Å². The molecule has 1 unspecified atom stereocenters. The van der Waals surface area contributed by atoms with E-state index in [0.29, 0.717) is 19.3 Å². The molecule has 0 radical (unpaired) electrons. The van der Waals surface area contributed by atoms with Crippen molar-refractivity contribution in [2.45, 2.75) is 29.9 Å². The molecule has 23 heavy (non-hydrogen) atoms. The van der Waals surface area contributed by atoms with E-state index < -0.39 is 11.7 Å². The highest BCUT2D eigenvalue weighted by atomic mass is 32.2. The van der Waals surface area contributed by atoms with Gasteiger partial charge in [-0.1, -0.05) is 30.0 Å². The van der Waals surface area contributed by atoms with Crippen molar-refractivity contribution in [3.05, 3.63) is 41.3 Å². The van der Waals surface area contributed by atoms with E-state index in [1.807, 2.05) is 30.3 Å². The lowest BCUT2D eigenvalue weighted by atomic mass is 9.68. The Morgan fingerprint density at radius 2 is 1.83 bits per heavy atom. The Morgan fingerprint density at radius 1 is 1.13 bits per heavy atom. The Balaban J connectivity index is 1.90. The van der Waals surface area contributed by atoms with Gasteiger partial charge in [0.1, 0.15) is 5.78 Å². The molecule has 122 valence electrons. The topological polar surface area (TPSA) is 52.6 Å². The van der Waals surface area contributed by atoms with Crippen LogP contribution < -0.4 is 0 Å². The second-order valence-electron chi connectivity index (χ2n) is 5.90. The van der Waals surface area contributed by atoms with Crippen molar-refractivity contribution in [3.63, 3.8) is 0 Å². The van der Waals surface area contributed by atoms with Crippen LogP contribution in [0, 0.1) is 11.8 Å². The first-order chi connectivity index (χ1) is 11.1. The van der Waals surface area contributed by atoms with Crippen LogP contribution in [-0.4, -0.2) is 31.6 Å². The lowest BCUT2D eigenvalue weighted by Gasteiger charge is -2.46. The quantitative estimate of drug-likeness (QED) is 0.626. The average Bonchev–Trinajstić information content (AvgIpc) is 2.56. The van der Waals surface area contributed by atoms with Gasteiger partial charge >= 0.3 is 0 Å². The molecule has 2 atom stereocenters. The van der Waals surface area contributed by atoms with Crippen LogP contribution in [0.15, 0.2) is 46.2 Å². The second-order valence-corrected chi connectivity index (χ2v) is 7.10. The summed E-state index contributed by atoms with van der Waals surface area (Å²) in [6, 6.07) is 9.91. The number of Topliss-reactive ketones (excluding diaryl/α,β-unsaturated/α-hetero) is 1. The van der Waals surface area contributed by atoms with Crippen molar-refractivity contribution < 1.29 is 19.1 Å². The first-order valence-corrected chi connectivity index (χ1v) is 8.51. The van der Waals surface area contributed by atoms with E-state index >= 15 is 0 Å². The van der Waals surface area contributed by atoms with E-state index in [2.05, 4.69) is 0 Å². The van der Waals surface area contributed by atoms with Gasteiger partial charge in [-0.2, -0.15) is 0 Å². The van der Waals surface area contributed by atoms with Gasteiger partial charge in [-0.3, -0.25) is 9.59 Å². The number of rotatable bonds is 4. The molecule has 0 amide bonds. The number of allylic oxidation sites excluding steroid dienone is 2. The van der Waals surface area contributed by atoms with Crippen LogP contribution in [0.1, 0.15) is 19.3 Å². The molecular formula is C18H20O4S. The SMILES string of the molecule is COC1(OC)CCC(=O)C2C(=O)C=C(Sc3ccccc3)C[C@@H]21. The predicted octanol–water partition coefficient (Wildman–Crippen LogP) is 3.22. The number of carbonyl (C=O) groups excluding carboxylic acids is 2. The smallest absolute Gasteiger partial charge is 0.172 e. The monoisotopic (exact) mass is 332 g/mol. The highest BCUT2D eigenvalue weighted by molar-refractivity contribution is 8.03. The first-order valence-electron chi connectivity index (χ1n) is 7.70. The number of carbonyl (C=O) groups is 2. The fourth-order valence-corrected chi connectivity index (χ4v) is 4.61. The van der Waals surface area contributed by atoms with Crippen molar-refractivity contribution in [3.8, 4) is 0 Å². The number of benzene rings is 1. The van der Waals surface area contributed by atoms with Crippen LogP contribution in [0.25, 0.3) is 0 Å². The minimum absolute atomic E-state index is 0.00439. The Bertz CT molecular complexity index is 634. The Kier molecular flexibility index (Phi) is 4.71. The molecule has 5 heteroatoms. The molecule has 1 saturated carbocycles. The molecule has 1 aromatic rings. The lowest BCUT2D eigenvalue weighted by Crippen LogP contribution is -2.54. The average molecular weight is 332 g/mol. The third-order valence-corrected chi connectivity index (χ3v) is 5.80. The zero-order valence-corrected chi connectivity index (χ0v) is 14.1. The molecule has 0 N–H and O–H groups in total. The van der Waals surface area contributed by atoms with Crippen LogP contribution in [0.2, 0.25) is 0 Å². The second kappa shape index (κ2) is 6.59. The van der Waals surface area contributed by atoms with Gasteiger partial charge in [0.2, 0.25) is 0 Å². The molecule has 0 aromatic heterocycles. The summed E-state index contributed by atoms with van der Waals surface area (Å²) in [5.74, 6) is -1.87. The first kappa shape index (κ1) is 16.4. The zero-order chi connectivity index (χ0) is 16.4. The van der Waals surface area contributed by atoms with E-state index in [0.717, 1.165) is 9.80 Å². The lowest BCUT2D eigenvalue weighted by molar-refractivity contribution is -0.258. The van der Waals surface area contributed by atoms with Crippen molar-refractivity contribution >= 4 is 23.3 Å². The molecule has 0 bridgehead atoms. The molecule has 2 aliphatic carbocycles. The van der Waals surface area contributed by atoms with Gasteiger partial charge in [-0.05, 0) is 29.5 Å². The molecular weight excluding hydrogens is 312 g/mol. The van der Waals surface area contributed by atoms with Crippen LogP contribution in [0.5, 0.6) is 0 Å². The van der Waals surface area contributed by atoms with Crippen molar-refractivity contribution in [2.24, 2.45) is 11.8 Å². The van der Waals surface area contributed by atoms with Gasteiger partial charge in [0.05, 0.1) is 5.92 Å². The third kappa shape index (κ3) is 3.01. The number of hydrogen-bond donors (Lipinski definition) is 0. The molecule has 1 aromatic carbocycles. The van der Waals surface area contributed by atoms with Crippen molar-refractivity contribution in [1.29, 1.82) is 0 Å². The van der Waals surface area contributed by atoms with Crippen molar-refractivity contribution in [2.75, 3.05) is 14.2 Å². The van der Waals surface area contributed by atoms with E-state index in [1.54, 1.807) is 32.1 Å². The largest absolute Gasteiger partial charge is 0.353 e. The van der Waals surface area contributed by atoms with Gasteiger partial charge in [0, 0.05) is 37.9 Å². The number of methoxy groups -OCH3 is 2. The molecule has 0 spiro atoms. The fourth-order valence-electron chi connectivity index (χ4n) is 3.57. The van der Waals surface area contributed by atoms with Crippen molar-refractivity contribution in [1.82, 2.24) is 0 Å². The maximum Gasteiger partial charge on any atom is 0.172 e. The Morgan fingerprint density at radius 3 is 2.48 bits per heavy atom. The van der Waals surface area contributed by atoms with Crippen LogP contribution in [0.4, 0.5) is 0 Å². The number of thioether (sulfide) groups is 1. The van der Waals surface area contributed by atoms with Crippen LogP contribution in [-0.2, 0) is 19.1 Å². The maximum absolute atomic E-state index is 12.5. The van der Waals surface area contributed by atoms with E-state index in [1.165, 1.54) is 0 Å². The minimum Gasteiger partial charge on any atom is -0.353 e.